The van der Waals surface area contributed by atoms with Gasteiger partial charge in [-0.05, 0) is 13.8 Å². The normalized spacial score (nSPS) is 9.67. The largest absolute Gasteiger partial charge is 0.289 e. The second-order valence-electron chi connectivity index (χ2n) is 3.53. The summed E-state index contributed by atoms with van der Waals surface area (Å²) < 4.78 is 0. The summed E-state index contributed by atoms with van der Waals surface area (Å²) in [5.41, 5.74) is 0.331. The van der Waals surface area contributed by atoms with Crippen LogP contribution in [-0.2, 0) is 19.2 Å². The molecular formula is C12H14N2O4. The maximum absolute atomic E-state index is 11.1. The molecule has 0 aromatic carbocycles. The molecule has 0 spiro atoms. The molecule has 0 atom stereocenters. The fourth-order valence-corrected chi connectivity index (χ4v) is 0.672. The third-order valence-electron chi connectivity index (χ3n) is 1.63. The summed E-state index contributed by atoms with van der Waals surface area (Å²) >= 11 is 0. The fourth-order valence-electron chi connectivity index (χ4n) is 0.672. The van der Waals surface area contributed by atoms with Crippen LogP contribution in [0, 0.1) is 0 Å². The monoisotopic (exact) mass is 250 g/mol. The minimum absolute atomic E-state index is 0.165. The lowest BCUT2D eigenvalue weighted by atomic mass is 10.3. The van der Waals surface area contributed by atoms with Crippen LogP contribution < -0.4 is 10.6 Å². The lowest BCUT2D eigenvalue weighted by Gasteiger charge is -2.00. The molecule has 0 bridgehead atoms. The van der Waals surface area contributed by atoms with E-state index in [1.807, 2.05) is 10.6 Å². The average Bonchev–Trinajstić information content (AvgIpc) is 2.25. The summed E-state index contributed by atoms with van der Waals surface area (Å²) in [6.45, 7) is 9.55. The van der Waals surface area contributed by atoms with Gasteiger partial charge in [-0.1, -0.05) is 13.2 Å². The van der Waals surface area contributed by atoms with Crippen LogP contribution in [0.15, 0.2) is 36.5 Å². The van der Waals surface area contributed by atoms with Crippen molar-refractivity contribution in [1.29, 1.82) is 0 Å². The Bertz CT molecular complexity index is 419. The van der Waals surface area contributed by atoms with Gasteiger partial charge < -0.3 is 0 Å². The van der Waals surface area contributed by atoms with E-state index in [1.165, 1.54) is 13.8 Å². The molecular weight excluding hydrogens is 236 g/mol. The summed E-state index contributed by atoms with van der Waals surface area (Å²) in [6.07, 6.45) is 1.67. The van der Waals surface area contributed by atoms with Gasteiger partial charge in [-0.3, -0.25) is 29.8 Å². The van der Waals surface area contributed by atoms with Crippen LogP contribution in [0.5, 0.6) is 0 Å². The van der Waals surface area contributed by atoms with Crippen molar-refractivity contribution >= 4 is 23.6 Å². The number of carbonyl (C=O) groups excluding carboxylic acids is 4. The van der Waals surface area contributed by atoms with Crippen molar-refractivity contribution in [1.82, 2.24) is 10.6 Å². The number of nitrogens with one attached hydrogen (secondary N) is 2. The van der Waals surface area contributed by atoms with E-state index in [9.17, 15) is 19.2 Å². The molecule has 6 nitrogen and oxygen atoms in total. The maximum Gasteiger partial charge on any atom is 0.253 e. The molecule has 0 unspecified atom stereocenters. The Hall–Kier alpha value is -2.50. The summed E-state index contributed by atoms with van der Waals surface area (Å²) in [5.74, 6) is -2.83. The molecule has 0 saturated heterocycles. The molecule has 18 heavy (non-hydrogen) atoms. The number of hydrogen-bond acceptors (Lipinski definition) is 4. The van der Waals surface area contributed by atoms with Crippen molar-refractivity contribution in [2.45, 2.75) is 13.8 Å². The van der Waals surface area contributed by atoms with Gasteiger partial charge in [0.2, 0.25) is 0 Å². The molecule has 0 aliphatic rings. The lowest BCUT2D eigenvalue weighted by molar-refractivity contribution is -0.128. The molecule has 0 fully saturated rings. The molecule has 0 aromatic heterocycles. The van der Waals surface area contributed by atoms with E-state index in [-0.39, 0.29) is 11.1 Å². The summed E-state index contributed by atoms with van der Waals surface area (Å²) in [7, 11) is 0. The van der Waals surface area contributed by atoms with Crippen LogP contribution in [-0.4, -0.2) is 23.6 Å². The Labute approximate surface area is 104 Å². The van der Waals surface area contributed by atoms with Gasteiger partial charge in [0.15, 0.2) is 0 Å². The Morgan fingerprint density at radius 3 is 1.28 bits per heavy atom. The Balaban J connectivity index is 4.31. The first-order chi connectivity index (χ1) is 8.23. The number of hydrogen-bond donors (Lipinski definition) is 2. The van der Waals surface area contributed by atoms with Crippen LogP contribution in [0.3, 0.4) is 0 Å². The van der Waals surface area contributed by atoms with Gasteiger partial charge in [-0.2, -0.15) is 0 Å². The van der Waals surface area contributed by atoms with Crippen molar-refractivity contribution in [3.05, 3.63) is 36.5 Å². The first-order valence-electron chi connectivity index (χ1n) is 4.93. The highest BCUT2D eigenvalue weighted by atomic mass is 16.2. The Kier molecular flexibility index (Phi) is 5.98. The molecule has 0 heterocycles. The van der Waals surface area contributed by atoms with Crippen LogP contribution in [0.4, 0.5) is 0 Å². The smallest absolute Gasteiger partial charge is 0.253 e. The van der Waals surface area contributed by atoms with Crippen LogP contribution >= 0.6 is 0 Å². The standard InChI is InChI=1S/C12H14N2O4/c1-7(2)11(17)13-9(15)5-6-10(16)14-12(18)8(3)4/h5-6H,1,3H2,2,4H3,(H,13,15,17)(H,14,16,18). The van der Waals surface area contributed by atoms with Crippen molar-refractivity contribution < 1.29 is 19.2 Å². The first kappa shape index (κ1) is 15.5. The summed E-state index contributed by atoms with van der Waals surface area (Å²) in [4.78, 5) is 44.3. The van der Waals surface area contributed by atoms with Gasteiger partial charge in [-0.25, -0.2) is 0 Å². The summed E-state index contributed by atoms with van der Waals surface area (Å²) in [6, 6.07) is 0. The maximum atomic E-state index is 11.1. The Morgan fingerprint density at radius 1 is 0.778 bits per heavy atom. The minimum atomic E-state index is -0.777. The van der Waals surface area contributed by atoms with E-state index >= 15 is 0 Å². The van der Waals surface area contributed by atoms with E-state index in [1.54, 1.807) is 0 Å². The first-order valence-corrected chi connectivity index (χ1v) is 4.93. The zero-order chi connectivity index (χ0) is 14.3. The van der Waals surface area contributed by atoms with E-state index in [4.69, 9.17) is 0 Å². The zero-order valence-corrected chi connectivity index (χ0v) is 10.2. The van der Waals surface area contributed by atoms with E-state index in [0.29, 0.717) is 0 Å². The van der Waals surface area contributed by atoms with Crippen LogP contribution in [0.2, 0.25) is 0 Å². The lowest BCUT2D eigenvalue weighted by Crippen LogP contribution is -2.31. The molecule has 6 heteroatoms. The zero-order valence-electron chi connectivity index (χ0n) is 10.2. The highest BCUT2D eigenvalue weighted by molar-refractivity contribution is 6.11. The SMILES string of the molecule is C=C(C)C(=O)NC(=O)C=CC(=O)NC(=O)C(=C)C. The van der Waals surface area contributed by atoms with Crippen molar-refractivity contribution in [3.63, 3.8) is 0 Å². The molecule has 0 aliphatic carbocycles. The fraction of sp³-hybridized carbons (Fsp3) is 0.167. The quantitative estimate of drug-likeness (QED) is 0.686. The molecule has 2 N–H and O–H groups in total. The third-order valence-corrected chi connectivity index (χ3v) is 1.63. The highest BCUT2D eigenvalue weighted by Crippen LogP contribution is 1.87. The number of imide groups is 2. The van der Waals surface area contributed by atoms with Gasteiger partial charge in [0.25, 0.3) is 23.6 Å². The molecule has 0 aliphatic heterocycles. The third kappa shape index (κ3) is 6.16. The van der Waals surface area contributed by atoms with Crippen LogP contribution in [0.1, 0.15) is 13.8 Å². The van der Waals surface area contributed by atoms with Gasteiger partial charge in [0.05, 0.1) is 0 Å². The predicted octanol–water partition coefficient (Wildman–Crippen LogP) is -0.0196. The summed E-state index contributed by atoms with van der Waals surface area (Å²) in [5, 5.41) is 3.93. The van der Waals surface area contributed by atoms with Gasteiger partial charge in [0.1, 0.15) is 0 Å². The molecule has 0 saturated carbocycles. The topological polar surface area (TPSA) is 92.3 Å². The van der Waals surface area contributed by atoms with Gasteiger partial charge >= 0.3 is 0 Å². The average molecular weight is 250 g/mol. The highest BCUT2D eigenvalue weighted by Gasteiger charge is 2.07. The molecule has 0 radical (unpaired) electrons. The van der Waals surface area contributed by atoms with Crippen LogP contribution in [0.25, 0.3) is 0 Å². The van der Waals surface area contributed by atoms with Crippen molar-refractivity contribution in [2.75, 3.05) is 0 Å². The van der Waals surface area contributed by atoms with E-state index in [2.05, 4.69) is 13.2 Å². The molecule has 96 valence electrons. The number of carbonyl (C=O) groups is 4. The van der Waals surface area contributed by atoms with E-state index < -0.39 is 23.6 Å². The van der Waals surface area contributed by atoms with Gasteiger partial charge in [-0.15, -0.1) is 0 Å². The number of amides is 4. The number of rotatable bonds is 4. The van der Waals surface area contributed by atoms with Gasteiger partial charge in [0, 0.05) is 23.3 Å². The second kappa shape index (κ2) is 6.95. The second-order valence-corrected chi connectivity index (χ2v) is 3.53. The Morgan fingerprint density at radius 2 is 1.06 bits per heavy atom. The molecule has 0 rings (SSSR count). The minimum Gasteiger partial charge on any atom is -0.289 e. The molecule has 4 amide bonds. The van der Waals surface area contributed by atoms with Crippen molar-refractivity contribution in [2.24, 2.45) is 0 Å². The van der Waals surface area contributed by atoms with Crippen molar-refractivity contribution in [3.8, 4) is 0 Å². The van der Waals surface area contributed by atoms with E-state index in [0.717, 1.165) is 12.2 Å². The predicted molar refractivity (Wildman–Crippen MR) is 65.1 cm³/mol. The molecule has 0 aromatic rings.